The molecule has 1 aliphatic heterocycles. The molecule has 132 valence electrons. The lowest BCUT2D eigenvalue weighted by molar-refractivity contribution is -0.144. The molecule has 0 amide bonds. The predicted octanol–water partition coefficient (Wildman–Crippen LogP) is 1.96. The van der Waals surface area contributed by atoms with Crippen molar-refractivity contribution in [3.8, 4) is 5.75 Å². The van der Waals surface area contributed by atoms with E-state index in [9.17, 15) is 9.82 Å². The molecular weight excluding hydrogens is 319 g/mol. The van der Waals surface area contributed by atoms with Crippen LogP contribution in [0.4, 0.5) is 0 Å². The van der Waals surface area contributed by atoms with Gasteiger partial charge in [-0.1, -0.05) is 11.6 Å². The molecule has 1 fully saturated rings. The number of carbonyl (C=O) groups excluding carboxylic acids is 1. The second-order valence-corrected chi connectivity index (χ2v) is 6.63. The highest BCUT2D eigenvalue weighted by molar-refractivity contribution is 6.45. The van der Waals surface area contributed by atoms with Crippen LogP contribution in [-0.4, -0.2) is 53.6 Å². The Hall–Kier alpha value is -2.12. The second kappa shape index (κ2) is 7.02. The van der Waals surface area contributed by atoms with Gasteiger partial charge in [-0.25, -0.2) is 0 Å². The number of methoxy groups -OCH3 is 1. The van der Waals surface area contributed by atoms with Crippen molar-refractivity contribution >= 4 is 23.9 Å². The molecule has 1 aromatic heterocycles. The van der Waals surface area contributed by atoms with Crippen molar-refractivity contribution in [2.75, 3.05) is 13.7 Å². The fraction of sp³-hybridized carbons (Fsp3) is 0.444. The smallest absolute Gasteiger partial charge is 0.377 e. The van der Waals surface area contributed by atoms with Crippen molar-refractivity contribution in [1.82, 2.24) is 9.79 Å². The minimum atomic E-state index is -0.740. The van der Waals surface area contributed by atoms with Crippen LogP contribution in [0.2, 0.25) is 6.82 Å². The van der Waals surface area contributed by atoms with E-state index in [1.165, 1.54) is 7.11 Å². The summed E-state index contributed by atoms with van der Waals surface area (Å²) in [6, 6.07) is 7.48. The van der Waals surface area contributed by atoms with Crippen LogP contribution in [0, 0.1) is 13.8 Å². The largest absolute Gasteiger partial charge is 0.488 e. The van der Waals surface area contributed by atoms with Crippen molar-refractivity contribution < 1.29 is 19.3 Å². The zero-order valence-electron chi connectivity index (χ0n) is 15.0. The van der Waals surface area contributed by atoms with E-state index in [2.05, 4.69) is 11.1 Å². The Balaban J connectivity index is 1.89. The highest BCUT2D eigenvalue weighted by Gasteiger charge is 2.42. The summed E-state index contributed by atoms with van der Waals surface area (Å²) in [5.41, 5.74) is 2.89. The van der Waals surface area contributed by atoms with Crippen molar-refractivity contribution in [3.63, 3.8) is 0 Å². The maximum atomic E-state index is 12.0. The molecule has 25 heavy (non-hydrogen) atoms. The monoisotopic (exact) mass is 342 g/mol. The Bertz CT molecular complexity index is 796. The van der Waals surface area contributed by atoms with E-state index in [-0.39, 0.29) is 12.1 Å². The highest BCUT2D eigenvalue weighted by atomic mass is 16.5. The first-order valence-corrected chi connectivity index (χ1v) is 8.45. The maximum absolute atomic E-state index is 12.0. The van der Waals surface area contributed by atoms with Crippen molar-refractivity contribution in [2.24, 2.45) is 0 Å². The number of aryl methyl sites for hydroxylation is 2. The van der Waals surface area contributed by atoms with Crippen LogP contribution in [0.3, 0.4) is 0 Å². The Morgan fingerprint density at radius 3 is 2.80 bits per heavy atom. The van der Waals surface area contributed by atoms with Crippen LogP contribution in [0.5, 0.6) is 5.75 Å². The number of ether oxygens (including phenoxy) is 2. The second-order valence-electron chi connectivity index (χ2n) is 6.63. The van der Waals surface area contributed by atoms with Crippen molar-refractivity contribution in [1.29, 1.82) is 0 Å². The molecule has 1 aromatic carbocycles. The zero-order chi connectivity index (χ0) is 18.1. The van der Waals surface area contributed by atoms with Crippen LogP contribution in [0.1, 0.15) is 17.7 Å². The zero-order valence-corrected chi connectivity index (χ0v) is 15.0. The summed E-state index contributed by atoms with van der Waals surface area (Å²) in [4.78, 5) is 18.3. The Kier molecular flexibility index (Phi) is 4.97. The number of fused-ring (bicyclic) bond motifs is 1. The third kappa shape index (κ3) is 3.62. The van der Waals surface area contributed by atoms with Gasteiger partial charge in [-0.3, -0.25) is 9.78 Å². The number of benzene rings is 1. The molecule has 0 bridgehead atoms. The number of hydrogen-bond donors (Lipinski definition) is 1. The first-order valence-electron chi connectivity index (χ1n) is 8.45. The van der Waals surface area contributed by atoms with Gasteiger partial charge in [0, 0.05) is 30.1 Å². The van der Waals surface area contributed by atoms with Gasteiger partial charge >= 0.3 is 13.0 Å². The van der Waals surface area contributed by atoms with Crippen LogP contribution in [0.25, 0.3) is 10.9 Å². The lowest BCUT2D eigenvalue weighted by atomic mass is 9.84. The molecule has 2 aromatic rings. The molecule has 0 unspecified atom stereocenters. The SMILES string of the molecule is COC(=O)[C@@H]1C[C@@H](Oc2cc(C)nc3ccc(C)cc23)CN1B(C)O. The summed E-state index contributed by atoms with van der Waals surface area (Å²) in [5.74, 6) is 0.408. The van der Waals surface area contributed by atoms with E-state index < -0.39 is 13.1 Å². The molecule has 7 heteroatoms. The lowest BCUT2D eigenvalue weighted by Crippen LogP contribution is -2.45. The van der Waals surface area contributed by atoms with Crippen molar-refractivity contribution in [3.05, 3.63) is 35.5 Å². The van der Waals surface area contributed by atoms with Gasteiger partial charge in [0.05, 0.1) is 12.6 Å². The average molecular weight is 342 g/mol. The molecule has 1 saturated heterocycles. The molecule has 0 radical (unpaired) electrons. The number of hydrogen-bond acceptors (Lipinski definition) is 6. The van der Waals surface area contributed by atoms with Gasteiger partial charge in [0.2, 0.25) is 0 Å². The lowest BCUT2D eigenvalue weighted by Gasteiger charge is -2.22. The van der Waals surface area contributed by atoms with E-state index in [1.807, 2.05) is 32.0 Å². The first kappa shape index (κ1) is 17.7. The molecule has 2 atom stereocenters. The van der Waals surface area contributed by atoms with E-state index in [0.29, 0.717) is 13.0 Å². The molecule has 2 heterocycles. The Labute approximate surface area is 147 Å². The van der Waals surface area contributed by atoms with E-state index in [4.69, 9.17) is 9.47 Å². The summed E-state index contributed by atoms with van der Waals surface area (Å²) in [7, 11) is 0.620. The number of rotatable bonds is 4. The number of esters is 1. The molecule has 6 nitrogen and oxygen atoms in total. The van der Waals surface area contributed by atoms with Gasteiger partial charge in [0.25, 0.3) is 0 Å². The van der Waals surface area contributed by atoms with Crippen LogP contribution < -0.4 is 4.74 Å². The van der Waals surface area contributed by atoms with Gasteiger partial charge < -0.3 is 19.3 Å². The summed E-state index contributed by atoms with van der Waals surface area (Å²) >= 11 is 0. The third-order valence-corrected chi connectivity index (χ3v) is 4.60. The predicted molar refractivity (Wildman–Crippen MR) is 96.6 cm³/mol. The minimum Gasteiger partial charge on any atom is -0.488 e. The number of aromatic nitrogens is 1. The Morgan fingerprint density at radius 2 is 2.12 bits per heavy atom. The fourth-order valence-electron chi connectivity index (χ4n) is 3.40. The third-order valence-electron chi connectivity index (χ3n) is 4.60. The maximum Gasteiger partial charge on any atom is 0.377 e. The summed E-state index contributed by atoms with van der Waals surface area (Å²) in [6.45, 7) is 6.07. The van der Waals surface area contributed by atoms with E-state index in [0.717, 1.165) is 27.9 Å². The highest BCUT2D eigenvalue weighted by Crippen LogP contribution is 2.30. The van der Waals surface area contributed by atoms with E-state index in [1.54, 1.807) is 11.6 Å². The molecule has 1 N–H and O–H groups in total. The topological polar surface area (TPSA) is 71.9 Å². The van der Waals surface area contributed by atoms with Crippen molar-refractivity contribution in [2.45, 2.75) is 39.2 Å². The molecule has 0 saturated carbocycles. The van der Waals surface area contributed by atoms with Gasteiger partial charge in [0.15, 0.2) is 0 Å². The van der Waals surface area contributed by atoms with Crippen LogP contribution in [-0.2, 0) is 9.53 Å². The molecular formula is C18H23BN2O4. The van der Waals surface area contributed by atoms with Gasteiger partial charge in [-0.05, 0) is 32.8 Å². The normalized spacial score (nSPS) is 20.7. The standard InChI is InChI=1S/C18H23BN2O4/c1-11-5-6-15-14(7-11)17(8-12(2)20-15)25-13-9-16(18(22)24-4)21(10-13)19(3)23/h5-8,13,16,23H,9-10H2,1-4H3/t13-,16+/m1/s1. The fourth-order valence-corrected chi connectivity index (χ4v) is 3.40. The molecule has 3 rings (SSSR count). The minimum absolute atomic E-state index is 0.204. The quantitative estimate of drug-likeness (QED) is 0.677. The number of pyridine rings is 1. The summed E-state index contributed by atoms with van der Waals surface area (Å²) in [5, 5.41) is 10.9. The van der Waals surface area contributed by atoms with Gasteiger partial charge in [-0.15, -0.1) is 0 Å². The van der Waals surface area contributed by atoms with Crippen LogP contribution in [0.15, 0.2) is 24.3 Å². The molecule has 0 spiro atoms. The number of carbonyl (C=O) groups is 1. The molecule has 1 aliphatic rings. The number of nitrogens with zero attached hydrogens (tertiary/aromatic N) is 2. The van der Waals surface area contributed by atoms with E-state index >= 15 is 0 Å². The summed E-state index contributed by atoms with van der Waals surface area (Å²) < 4.78 is 11.1. The molecule has 0 aliphatic carbocycles. The summed E-state index contributed by atoms with van der Waals surface area (Å²) in [6.07, 6.45) is 0.274. The first-order chi connectivity index (χ1) is 11.9. The van der Waals surface area contributed by atoms with Gasteiger partial charge in [0.1, 0.15) is 17.9 Å². The van der Waals surface area contributed by atoms with Crippen LogP contribution >= 0.6 is 0 Å². The average Bonchev–Trinajstić information content (AvgIpc) is 2.99. The Morgan fingerprint density at radius 1 is 1.36 bits per heavy atom. The van der Waals surface area contributed by atoms with Gasteiger partial charge in [-0.2, -0.15) is 0 Å².